The van der Waals surface area contributed by atoms with Gasteiger partial charge in [-0.05, 0) is 22.6 Å². The monoisotopic (exact) mass is 318 g/mol. The predicted octanol–water partition coefficient (Wildman–Crippen LogP) is 0.481. The van der Waals surface area contributed by atoms with E-state index < -0.39 is 0 Å². The number of hydrogen-bond donors (Lipinski definition) is 2. The van der Waals surface area contributed by atoms with E-state index in [1.165, 1.54) is 0 Å². The van der Waals surface area contributed by atoms with Gasteiger partial charge in [0.2, 0.25) is 5.88 Å². The highest BCUT2D eigenvalue weighted by molar-refractivity contribution is 14.1. The summed E-state index contributed by atoms with van der Waals surface area (Å²) in [4.78, 5) is 21.7. The zero-order valence-electron chi connectivity index (χ0n) is 7.73. The fraction of sp³-hybridized carbons (Fsp3) is 0.125. The first-order valence-corrected chi connectivity index (χ1v) is 5.13. The van der Waals surface area contributed by atoms with E-state index in [-0.39, 0.29) is 15.0 Å². The van der Waals surface area contributed by atoms with Crippen LogP contribution in [0.4, 0.5) is 0 Å². The number of aromatic amines is 1. The summed E-state index contributed by atoms with van der Waals surface area (Å²) in [5, 5.41) is 9.40. The smallest absolute Gasteiger partial charge is 0.268 e. The molecule has 0 aromatic carbocycles. The van der Waals surface area contributed by atoms with E-state index in [9.17, 15) is 9.90 Å². The van der Waals surface area contributed by atoms with Crippen molar-refractivity contribution in [3.8, 4) is 17.4 Å². The van der Waals surface area contributed by atoms with Crippen LogP contribution in [0, 0.1) is 3.57 Å². The maximum absolute atomic E-state index is 11.4. The molecule has 15 heavy (non-hydrogen) atoms. The summed E-state index contributed by atoms with van der Waals surface area (Å²) < 4.78 is 1.88. The van der Waals surface area contributed by atoms with Crippen molar-refractivity contribution in [2.45, 2.75) is 0 Å². The Morgan fingerprint density at radius 3 is 2.87 bits per heavy atom. The van der Waals surface area contributed by atoms with Gasteiger partial charge in [0.1, 0.15) is 9.26 Å². The van der Waals surface area contributed by atoms with E-state index in [1.807, 2.05) is 0 Å². The lowest BCUT2D eigenvalue weighted by Gasteiger charge is -2.02. The highest BCUT2D eigenvalue weighted by atomic mass is 127. The molecule has 2 rings (SSSR count). The molecule has 0 saturated carbocycles. The number of aromatic nitrogens is 4. The zero-order valence-corrected chi connectivity index (χ0v) is 9.89. The highest BCUT2D eigenvalue weighted by Crippen LogP contribution is 2.17. The van der Waals surface area contributed by atoms with E-state index in [2.05, 4.69) is 15.0 Å². The van der Waals surface area contributed by atoms with Crippen molar-refractivity contribution in [1.82, 2.24) is 19.5 Å². The van der Waals surface area contributed by atoms with Crippen molar-refractivity contribution < 1.29 is 5.11 Å². The van der Waals surface area contributed by atoms with Crippen LogP contribution < -0.4 is 5.56 Å². The summed E-state index contributed by atoms with van der Waals surface area (Å²) in [5.41, 5.74) is 0.276. The zero-order chi connectivity index (χ0) is 11.0. The van der Waals surface area contributed by atoms with Gasteiger partial charge in [0.05, 0.1) is 12.5 Å². The Bertz CT molecular complexity index is 560. The van der Waals surface area contributed by atoms with Crippen molar-refractivity contribution >= 4 is 22.6 Å². The normalized spacial score (nSPS) is 10.5. The molecule has 0 aliphatic carbocycles. The van der Waals surface area contributed by atoms with Gasteiger partial charge in [0, 0.05) is 7.05 Å². The van der Waals surface area contributed by atoms with Crippen LogP contribution in [0.1, 0.15) is 0 Å². The molecule has 0 bridgehead atoms. The molecular weight excluding hydrogens is 311 g/mol. The quantitative estimate of drug-likeness (QED) is 0.749. The minimum Gasteiger partial charge on any atom is -0.492 e. The summed E-state index contributed by atoms with van der Waals surface area (Å²) in [5.74, 6) is 0.0356. The first-order valence-electron chi connectivity index (χ1n) is 4.05. The Morgan fingerprint density at radius 1 is 1.60 bits per heavy atom. The second-order valence-electron chi connectivity index (χ2n) is 2.94. The van der Waals surface area contributed by atoms with Crippen molar-refractivity contribution in [3.63, 3.8) is 0 Å². The van der Waals surface area contributed by atoms with Gasteiger partial charge in [-0.1, -0.05) is 0 Å². The summed E-state index contributed by atoms with van der Waals surface area (Å²) >= 11 is 1.73. The van der Waals surface area contributed by atoms with E-state index in [1.54, 1.807) is 46.7 Å². The van der Waals surface area contributed by atoms with Crippen LogP contribution in [0.15, 0.2) is 17.3 Å². The molecule has 2 aromatic rings. The third kappa shape index (κ3) is 1.74. The Balaban J connectivity index is 2.66. The van der Waals surface area contributed by atoms with Crippen LogP contribution in [0.3, 0.4) is 0 Å². The van der Waals surface area contributed by atoms with Gasteiger partial charge in [0.15, 0.2) is 5.82 Å². The number of rotatable bonds is 1. The molecule has 0 fully saturated rings. The lowest BCUT2D eigenvalue weighted by molar-refractivity contribution is 0.447. The second-order valence-corrected chi connectivity index (χ2v) is 4.02. The number of nitrogens with one attached hydrogen (secondary N) is 1. The molecule has 6 nitrogen and oxygen atoms in total. The number of imidazole rings is 1. The molecular formula is C8H7IN4O2. The minimum atomic E-state index is -0.362. The first-order chi connectivity index (χ1) is 7.09. The fourth-order valence-corrected chi connectivity index (χ4v) is 1.41. The second kappa shape index (κ2) is 3.65. The van der Waals surface area contributed by atoms with Gasteiger partial charge in [0.25, 0.3) is 5.56 Å². The lowest BCUT2D eigenvalue weighted by Crippen LogP contribution is -2.13. The standard InChI is InChI=1S/C8H7IN4O2/c1-13-3-10-2-4(13)6-11-7(14)5(9)8(15)12-6/h2-3H,1H3,(H2,11,12,14,15). The summed E-state index contributed by atoms with van der Waals surface area (Å²) in [6, 6.07) is 0. The Labute approximate surface area is 98.1 Å². The average Bonchev–Trinajstić information content (AvgIpc) is 2.60. The maximum Gasteiger partial charge on any atom is 0.268 e. The molecule has 0 saturated heterocycles. The summed E-state index contributed by atoms with van der Waals surface area (Å²) in [6.45, 7) is 0. The number of aromatic hydroxyl groups is 1. The molecule has 7 heteroatoms. The van der Waals surface area contributed by atoms with Crippen molar-refractivity contribution in [3.05, 3.63) is 26.4 Å². The maximum atomic E-state index is 11.4. The number of halogens is 1. The fourth-order valence-electron chi connectivity index (χ4n) is 1.15. The summed E-state index contributed by atoms with van der Waals surface area (Å²) in [6.07, 6.45) is 3.15. The highest BCUT2D eigenvalue weighted by Gasteiger charge is 2.10. The Hall–Kier alpha value is -1.38. The SMILES string of the molecule is Cn1cncc1-c1nc(O)c(I)c(=O)[nH]1. The molecule has 0 spiro atoms. The van der Waals surface area contributed by atoms with Crippen LogP contribution in [0.25, 0.3) is 11.5 Å². The summed E-state index contributed by atoms with van der Waals surface area (Å²) in [7, 11) is 1.78. The predicted molar refractivity (Wildman–Crippen MR) is 61.4 cm³/mol. The van der Waals surface area contributed by atoms with Crippen LogP contribution in [-0.4, -0.2) is 24.6 Å². The Kier molecular flexibility index (Phi) is 2.47. The van der Waals surface area contributed by atoms with Gasteiger partial charge in [-0.3, -0.25) is 4.79 Å². The molecule has 2 aromatic heterocycles. The van der Waals surface area contributed by atoms with Gasteiger partial charge in [-0.15, -0.1) is 0 Å². The third-order valence-corrected chi connectivity index (χ3v) is 2.88. The van der Waals surface area contributed by atoms with E-state index >= 15 is 0 Å². The topological polar surface area (TPSA) is 83.8 Å². The van der Waals surface area contributed by atoms with E-state index in [0.29, 0.717) is 11.5 Å². The number of hydrogen-bond acceptors (Lipinski definition) is 4. The molecule has 78 valence electrons. The van der Waals surface area contributed by atoms with Gasteiger partial charge < -0.3 is 14.7 Å². The molecule has 0 aliphatic heterocycles. The molecule has 0 unspecified atom stereocenters. The van der Waals surface area contributed by atoms with Crippen molar-refractivity contribution in [1.29, 1.82) is 0 Å². The van der Waals surface area contributed by atoms with Crippen molar-refractivity contribution in [2.75, 3.05) is 0 Å². The third-order valence-electron chi connectivity index (χ3n) is 1.90. The van der Waals surface area contributed by atoms with E-state index in [0.717, 1.165) is 0 Å². The molecule has 2 N–H and O–H groups in total. The first kappa shape index (κ1) is 10.1. The van der Waals surface area contributed by atoms with Crippen LogP contribution in [0.5, 0.6) is 5.88 Å². The molecule has 0 radical (unpaired) electrons. The van der Waals surface area contributed by atoms with Gasteiger partial charge >= 0.3 is 0 Å². The largest absolute Gasteiger partial charge is 0.492 e. The molecule has 2 heterocycles. The van der Waals surface area contributed by atoms with Gasteiger partial charge in [-0.2, -0.15) is 4.98 Å². The van der Waals surface area contributed by atoms with Crippen LogP contribution >= 0.6 is 22.6 Å². The molecule has 0 atom stereocenters. The number of aryl methyl sites for hydroxylation is 1. The molecule has 0 aliphatic rings. The van der Waals surface area contributed by atoms with E-state index in [4.69, 9.17) is 0 Å². The van der Waals surface area contributed by atoms with Crippen molar-refractivity contribution in [2.24, 2.45) is 7.05 Å². The number of H-pyrrole nitrogens is 1. The van der Waals surface area contributed by atoms with Crippen LogP contribution in [-0.2, 0) is 7.05 Å². The Morgan fingerprint density at radius 2 is 2.33 bits per heavy atom. The minimum absolute atomic E-state index is 0.179. The van der Waals surface area contributed by atoms with Crippen LogP contribution in [0.2, 0.25) is 0 Å². The average molecular weight is 318 g/mol. The number of nitrogens with zero attached hydrogens (tertiary/aromatic N) is 3. The lowest BCUT2D eigenvalue weighted by atomic mass is 10.4. The molecule has 0 amide bonds. The van der Waals surface area contributed by atoms with Gasteiger partial charge in [-0.25, -0.2) is 4.98 Å².